The van der Waals surface area contributed by atoms with Crippen LogP contribution in [0.2, 0.25) is 0 Å². The van der Waals surface area contributed by atoms with Crippen molar-refractivity contribution in [1.82, 2.24) is 9.47 Å². The zero-order valence-corrected chi connectivity index (χ0v) is 13.5. The molecule has 0 bridgehead atoms. The Balaban J connectivity index is 1.56. The predicted octanol–water partition coefficient (Wildman–Crippen LogP) is 4.45. The standard InChI is InChI=1S/C21H20N2O/c24-21(18-10-12-19(13-11-18)22-14-4-5-15-22)23-16-6-9-20(23)17-7-2-1-3-8-17/h1-5,7-8,10-15,20H,6,9,16H2/t20-/m0/s1. The molecule has 3 aromatic rings. The highest BCUT2D eigenvalue weighted by Crippen LogP contribution is 2.33. The van der Waals surface area contributed by atoms with Gasteiger partial charge < -0.3 is 9.47 Å². The smallest absolute Gasteiger partial charge is 0.254 e. The maximum atomic E-state index is 12.9. The van der Waals surface area contributed by atoms with E-state index in [1.54, 1.807) is 0 Å². The molecule has 1 aromatic heterocycles. The lowest BCUT2D eigenvalue weighted by atomic mass is 10.0. The van der Waals surface area contributed by atoms with Gasteiger partial charge in [-0.15, -0.1) is 0 Å². The van der Waals surface area contributed by atoms with Crippen molar-refractivity contribution in [2.45, 2.75) is 18.9 Å². The van der Waals surface area contributed by atoms with Crippen LogP contribution in [0.4, 0.5) is 0 Å². The largest absolute Gasteiger partial charge is 0.332 e. The van der Waals surface area contributed by atoms with Gasteiger partial charge in [-0.05, 0) is 54.8 Å². The SMILES string of the molecule is O=C(c1ccc(-n2cccc2)cc1)N1CCC[C@H]1c1ccccc1. The number of hydrogen-bond acceptors (Lipinski definition) is 1. The van der Waals surface area contributed by atoms with Crippen molar-refractivity contribution < 1.29 is 4.79 Å². The van der Waals surface area contributed by atoms with E-state index in [0.717, 1.165) is 30.6 Å². The van der Waals surface area contributed by atoms with E-state index in [2.05, 4.69) is 12.1 Å². The molecule has 1 amide bonds. The van der Waals surface area contributed by atoms with Crippen molar-refractivity contribution >= 4 is 5.91 Å². The van der Waals surface area contributed by atoms with E-state index in [9.17, 15) is 4.79 Å². The van der Waals surface area contributed by atoms with Crippen molar-refractivity contribution in [2.75, 3.05) is 6.54 Å². The number of likely N-dealkylation sites (tertiary alicyclic amines) is 1. The minimum Gasteiger partial charge on any atom is -0.332 e. The van der Waals surface area contributed by atoms with Gasteiger partial charge in [0.25, 0.3) is 5.91 Å². The number of benzene rings is 2. The summed E-state index contributed by atoms with van der Waals surface area (Å²) in [7, 11) is 0. The molecule has 0 unspecified atom stereocenters. The molecule has 0 radical (unpaired) electrons. The molecule has 0 spiro atoms. The molecule has 3 heteroatoms. The van der Waals surface area contributed by atoms with Crippen LogP contribution in [0.15, 0.2) is 79.1 Å². The fourth-order valence-electron chi connectivity index (χ4n) is 3.48. The Bertz CT molecular complexity index is 807. The van der Waals surface area contributed by atoms with E-state index in [1.807, 2.05) is 76.5 Å². The second-order valence-corrected chi connectivity index (χ2v) is 6.20. The van der Waals surface area contributed by atoms with E-state index in [-0.39, 0.29) is 11.9 Å². The average Bonchev–Trinajstić information content (AvgIpc) is 3.34. The molecule has 24 heavy (non-hydrogen) atoms. The molecule has 4 rings (SSSR count). The Morgan fingerprint density at radius 3 is 2.29 bits per heavy atom. The highest BCUT2D eigenvalue weighted by atomic mass is 16.2. The van der Waals surface area contributed by atoms with Gasteiger partial charge in [-0.2, -0.15) is 0 Å². The van der Waals surface area contributed by atoms with Crippen LogP contribution in [-0.2, 0) is 0 Å². The van der Waals surface area contributed by atoms with Crippen molar-refractivity contribution in [3.05, 3.63) is 90.3 Å². The van der Waals surface area contributed by atoms with Crippen molar-refractivity contribution in [2.24, 2.45) is 0 Å². The van der Waals surface area contributed by atoms with Crippen molar-refractivity contribution in [1.29, 1.82) is 0 Å². The van der Waals surface area contributed by atoms with Gasteiger partial charge in [0.05, 0.1) is 6.04 Å². The van der Waals surface area contributed by atoms with Gasteiger partial charge in [0.1, 0.15) is 0 Å². The van der Waals surface area contributed by atoms with Gasteiger partial charge in [0.15, 0.2) is 0 Å². The first-order valence-corrected chi connectivity index (χ1v) is 8.42. The minimum atomic E-state index is 0.125. The molecule has 2 aromatic carbocycles. The number of rotatable bonds is 3. The Morgan fingerprint density at radius 2 is 1.58 bits per heavy atom. The monoisotopic (exact) mass is 316 g/mol. The molecule has 2 heterocycles. The molecular formula is C21H20N2O. The van der Waals surface area contributed by atoms with Gasteiger partial charge in [0.2, 0.25) is 0 Å². The van der Waals surface area contributed by atoms with E-state index < -0.39 is 0 Å². The second kappa shape index (κ2) is 6.36. The first-order valence-electron chi connectivity index (χ1n) is 8.42. The predicted molar refractivity (Wildman–Crippen MR) is 95.2 cm³/mol. The Kier molecular flexibility index (Phi) is 3.91. The first-order chi connectivity index (χ1) is 11.8. The average molecular weight is 316 g/mol. The Labute approximate surface area is 142 Å². The third-order valence-electron chi connectivity index (χ3n) is 4.71. The molecule has 1 fully saturated rings. The molecule has 1 saturated heterocycles. The summed E-state index contributed by atoms with van der Waals surface area (Å²) in [6.45, 7) is 0.831. The maximum Gasteiger partial charge on any atom is 0.254 e. The summed E-state index contributed by atoms with van der Waals surface area (Å²) in [6, 6.07) is 22.4. The molecule has 3 nitrogen and oxygen atoms in total. The number of hydrogen-bond donors (Lipinski definition) is 0. The number of nitrogens with zero attached hydrogens (tertiary/aromatic N) is 2. The summed E-state index contributed by atoms with van der Waals surface area (Å²) in [4.78, 5) is 15.0. The molecule has 0 N–H and O–H groups in total. The number of amides is 1. The highest BCUT2D eigenvalue weighted by molar-refractivity contribution is 5.94. The summed E-state index contributed by atoms with van der Waals surface area (Å²) in [5.41, 5.74) is 3.05. The number of carbonyl (C=O) groups is 1. The first kappa shape index (κ1) is 14.8. The minimum absolute atomic E-state index is 0.125. The van der Waals surface area contributed by atoms with Crippen LogP contribution >= 0.6 is 0 Å². The van der Waals surface area contributed by atoms with Crippen LogP contribution in [0.25, 0.3) is 5.69 Å². The van der Waals surface area contributed by atoms with Crippen molar-refractivity contribution in [3.8, 4) is 5.69 Å². The van der Waals surface area contributed by atoms with E-state index in [0.29, 0.717) is 0 Å². The van der Waals surface area contributed by atoms with Crippen LogP contribution in [-0.4, -0.2) is 21.9 Å². The summed E-state index contributed by atoms with van der Waals surface area (Å²) >= 11 is 0. The summed E-state index contributed by atoms with van der Waals surface area (Å²) in [5, 5.41) is 0. The zero-order valence-electron chi connectivity index (χ0n) is 13.5. The molecule has 0 aliphatic carbocycles. The van der Waals surface area contributed by atoms with E-state index in [1.165, 1.54) is 5.56 Å². The molecule has 0 saturated carbocycles. The lowest BCUT2D eigenvalue weighted by Gasteiger charge is -2.25. The fraction of sp³-hybridized carbons (Fsp3) is 0.190. The fourth-order valence-corrected chi connectivity index (χ4v) is 3.48. The number of aromatic nitrogens is 1. The van der Waals surface area contributed by atoms with Crippen molar-refractivity contribution in [3.63, 3.8) is 0 Å². The lowest BCUT2D eigenvalue weighted by molar-refractivity contribution is 0.0735. The molecule has 1 atom stereocenters. The normalized spacial score (nSPS) is 17.2. The van der Waals surface area contributed by atoms with Crippen LogP contribution in [0.3, 0.4) is 0 Å². The van der Waals surface area contributed by atoms with Crippen LogP contribution in [0, 0.1) is 0 Å². The molecule has 120 valence electrons. The molecular weight excluding hydrogens is 296 g/mol. The van der Waals surface area contributed by atoms with Crippen LogP contribution < -0.4 is 0 Å². The van der Waals surface area contributed by atoms with Crippen LogP contribution in [0.5, 0.6) is 0 Å². The Hall–Kier alpha value is -2.81. The van der Waals surface area contributed by atoms with Crippen LogP contribution in [0.1, 0.15) is 34.8 Å². The third kappa shape index (κ3) is 2.73. The van der Waals surface area contributed by atoms with E-state index >= 15 is 0 Å². The topological polar surface area (TPSA) is 25.2 Å². The van der Waals surface area contributed by atoms with Gasteiger partial charge in [-0.25, -0.2) is 0 Å². The van der Waals surface area contributed by atoms with Gasteiger partial charge >= 0.3 is 0 Å². The summed E-state index contributed by atoms with van der Waals surface area (Å²) in [6.07, 6.45) is 6.11. The summed E-state index contributed by atoms with van der Waals surface area (Å²) < 4.78 is 2.04. The van der Waals surface area contributed by atoms with E-state index in [4.69, 9.17) is 0 Å². The third-order valence-corrected chi connectivity index (χ3v) is 4.71. The lowest BCUT2D eigenvalue weighted by Crippen LogP contribution is -2.30. The quantitative estimate of drug-likeness (QED) is 0.700. The number of carbonyl (C=O) groups excluding carboxylic acids is 1. The van der Waals surface area contributed by atoms with Gasteiger partial charge in [-0.1, -0.05) is 30.3 Å². The maximum absolute atomic E-state index is 12.9. The zero-order chi connectivity index (χ0) is 16.4. The highest BCUT2D eigenvalue weighted by Gasteiger charge is 2.30. The summed E-state index contributed by atoms with van der Waals surface area (Å²) in [5.74, 6) is 0.125. The molecule has 1 aliphatic heterocycles. The Morgan fingerprint density at radius 1 is 0.875 bits per heavy atom. The second-order valence-electron chi connectivity index (χ2n) is 6.20. The van der Waals surface area contributed by atoms with Gasteiger partial charge in [-0.3, -0.25) is 4.79 Å². The van der Waals surface area contributed by atoms with Gasteiger partial charge in [0, 0.05) is 30.2 Å². The molecule has 1 aliphatic rings.